The maximum atomic E-state index is 13.1. The monoisotopic (exact) mass is 732 g/mol. The number of carbonyl (C=O) groups is 2. The Hall–Kier alpha value is -4.66. The molecule has 0 aliphatic heterocycles. The number of benzene rings is 4. The summed E-state index contributed by atoms with van der Waals surface area (Å²) in [6.07, 6.45) is -4.50. The summed E-state index contributed by atoms with van der Waals surface area (Å²) < 4.78 is 42.3. The second kappa shape index (κ2) is 14.7. The standard InChI is InChI=1S/C36H31F3N6O2S3/c1-35(2,3)23-14-12-22(13-15-23)32-43-44-33(45(32)27-10-5-4-6-11-27)48-20-30(46)41-26-16-17-28-29(19-26)50-34(42-28)49-21-31(47)40-25-9-7-8-24(18-25)36(37,38)39/h4-19H,20-21H2,1-3H3,(H,40,47)(H,41,46). The maximum absolute atomic E-state index is 13.1. The van der Waals surface area contributed by atoms with Crippen LogP contribution < -0.4 is 10.6 Å². The van der Waals surface area contributed by atoms with E-state index >= 15 is 0 Å². The number of nitrogens with zero attached hydrogens (tertiary/aromatic N) is 4. The molecule has 2 amide bonds. The van der Waals surface area contributed by atoms with Gasteiger partial charge in [0.2, 0.25) is 11.8 Å². The topological polar surface area (TPSA) is 102 Å². The van der Waals surface area contributed by atoms with Crippen LogP contribution in [0.5, 0.6) is 0 Å². The largest absolute Gasteiger partial charge is 0.416 e. The van der Waals surface area contributed by atoms with Gasteiger partial charge in [-0.25, -0.2) is 4.98 Å². The van der Waals surface area contributed by atoms with Crippen molar-refractivity contribution in [2.75, 3.05) is 22.1 Å². The zero-order chi connectivity index (χ0) is 35.5. The quantitative estimate of drug-likeness (QED) is 0.135. The van der Waals surface area contributed by atoms with Gasteiger partial charge < -0.3 is 10.6 Å². The molecule has 0 unspecified atom stereocenters. The second-order valence-electron chi connectivity index (χ2n) is 12.2. The van der Waals surface area contributed by atoms with Crippen LogP contribution in [0.1, 0.15) is 31.9 Å². The predicted molar refractivity (Wildman–Crippen MR) is 195 cm³/mol. The van der Waals surface area contributed by atoms with Crippen molar-refractivity contribution < 1.29 is 22.8 Å². The highest BCUT2D eigenvalue weighted by Gasteiger charge is 2.30. The lowest BCUT2D eigenvalue weighted by Crippen LogP contribution is -2.15. The summed E-state index contributed by atoms with van der Waals surface area (Å²) in [5, 5.41) is 15.0. The number of thioether (sulfide) groups is 2. The molecule has 0 spiro atoms. The molecule has 50 heavy (non-hydrogen) atoms. The van der Waals surface area contributed by atoms with Crippen LogP contribution in [0.4, 0.5) is 24.5 Å². The number of hydrogen-bond acceptors (Lipinski definition) is 8. The number of para-hydroxylation sites is 1. The molecule has 4 aromatic carbocycles. The van der Waals surface area contributed by atoms with Crippen LogP contribution >= 0.6 is 34.9 Å². The van der Waals surface area contributed by atoms with E-state index in [9.17, 15) is 22.8 Å². The average molecular weight is 733 g/mol. The summed E-state index contributed by atoms with van der Waals surface area (Å²) in [4.78, 5) is 30.0. The Kier molecular flexibility index (Phi) is 10.3. The first-order valence-corrected chi connectivity index (χ1v) is 18.2. The van der Waals surface area contributed by atoms with E-state index < -0.39 is 17.6 Å². The van der Waals surface area contributed by atoms with E-state index in [0.29, 0.717) is 26.5 Å². The maximum Gasteiger partial charge on any atom is 0.416 e. The molecular formula is C36H31F3N6O2S3. The smallest absolute Gasteiger partial charge is 0.325 e. The van der Waals surface area contributed by atoms with Gasteiger partial charge in [-0.3, -0.25) is 14.2 Å². The van der Waals surface area contributed by atoms with Gasteiger partial charge in [-0.05, 0) is 59.5 Å². The Morgan fingerprint density at radius 3 is 2.12 bits per heavy atom. The molecule has 14 heteroatoms. The van der Waals surface area contributed by atoms with Crippen molar-refractivity contribution in [2.45, 2.75) is 41.9 Å². The minimum atomic E-state index is -4.50. The predicted octanol–water partition coefficient (Wildman–Crippen LogP) is 9.32. The van der Waals surface area contributed by atoms with Crippen LogP contribution in [0.2, 0.25) is 0 Å². The number of nitrogens with one attached hydrogen (secondary N) is 2. The summed E-state index contributed by atoms with van der Waals surface area (Å²) in [6.45, 7) is 6.50. The van der Waals surface area contributed by atoms with E-state index in [2.05, 4.69) is 58.7 Å². The molecule has 256 valence electrons. The third-order valence-corrected chi connectivity index (χ3v) is 10.5. The van der Waals surface area contributed by atoms with E-state index in [1.54, 1.807) is 12.1 Å². The second-order valence-corrected chi connectivity index (χ2v) is 15.4. The molecule has 2 heterocycles. The van der Waals surface area contributed by atoms with E-state index in [1.165, 1.54) is 52.6 Å². The summed E-state index contributed by atoms with van der Waals surface area (Å²) in [6, 6.07) is 27.9. The lowest BCUT2D eigenvalue weighted by atomic mass is 9.87. The number of thiazole rings is 1. The van der Waals surface area contributed by atoms with Gasteiger partial charge in [-0.1, -0.05) is 92.8 Å². The van der Waals surface area contributed by atoms with Crippen molar-refractivity contribution in [1.82, 2.24) is 19.7 Å². The Balaban J connectivity index is 1.08. The van der Waals surface area contributed by atoms with E-state index in [4.69, 9.17) is 0 Å². The highest BCUT2D eigenvalue weighted by Crippen LogP contribution is 2.34. The molecule has 0 radical (unpaired) electrons. The Morgan fingerprint density at radius 1 is 0.760 bits per heavy atom. The van der Waals surface area contributed by atoms with Gasteiger partial charge in [0, 0.05) is 22.6 Å². The van der Waals surface area contributed by atoms with Crippen LogP contribution in [0.25, 0.3) is 27.3 Å². The third-order valence-electron chi connectivity index (χ3n) is 7.44. The number of rotatable bonds is 10. The normalized spacial score (nSPS) is 11.9. The van der Waals surface area contributed by atoms with E-state index in [0.717, 1.165) is 28.1 Å². The highest BCUT2D eigenvalue weighted by atomic mass is 32.2. The fourth-order valence-corrected chi connectivity index (χ4v) is 7.61. The summed E-state index contributed by atoms with van der Waals surface area (Å²) in [5.41, 5.74) is 3.55. The zero-order valence-corrected chi connectivity index (χ0v) is 29.6. The first-order chi connectivity index (χ1) is 23.8. The molecule has 8 nitrogen and oxygen atoms in total. The molecule has 0 saturated carbocycles. The fraction of sp³-hybridized carbons (Fsp3) is 0.194. The number of amides is 2. The van der Waals surface area contributed by atoms with Crippen LogP contribution in [0.3, 0.4) is 0 Å². The summed E-state index contributed by atoms with van der Waals surface area (Å²) in [5.74, 6) is 0.0636. The molecule has 0 saturated heterocycles. The summed E-state index contributed by atoms with van der Waals surface area (Å²) >= 11 is 3.81. The zero-order valence-electron chi connectivity index (χ0n) is 27.1. The van der Waals surface area contributed by atoms with E-state index in [1.807, 2.05) is 53.1 Å². The van der Waals surface area contributed by atoms with Gasteiger partial charge in [0.15, 0.2) is 15.3 Å². The van der Waals surface area contributed by atoms with Gasteiger partial charge in [0.1, 0.15) is 0 Å². The molecule has 0 aliphatic rings. The Labute approximate surface area is 298 Å². The lowest BCUT2D eigenvalue weighted by molar-refractivity contribution is -0.137. The summed E-state index contributed by atoms with van der Waals surface area (Å²) in [7, 11) is 0. The third kappa shape index (κ3) is 8.55. The van der Waals surface area contributed by atoms with Crippen LogP contribution in [-0.2, 0) is 21.2 Å². The van der Waals surface area contributed by atoms with Gasteiger partial charge in [-0.15, -0.1) is 21.5 Å². The number of aromatic nitrogens is 4. The SMILES string of the molecule is CC(C)(C)c1ccc(-c2nnc(SCC(=O)Nc3ccc4nc(SCC(=O)Nc5cccc(C(F)(F)F)c5)sc4c3)n2-c2ccccc2)cc1. The number of hydrogen-bond donors (Lipinski definition) is 2. The fourth-order valence-electron chi connectivity index (χ4n) is 4.95. The Morgan fingerprint density at radius 2 is 1.44 bits per heavy atom. The lowest BCUT2D eigenvalue weighted by Gasteiger charge is -2.19. The number of alkyl halides is 3. The van der Waals surface area contributed by atoms with Gasteiger partial charge in [-0.2, -0.15) is 13.2 Å². The van der Waals surface area contributed by atoms with Crippen LogP contribution in [0, 0.1) is 0 Å². The number of carbonyl (C=O) groups excluding carboxylic acids is 2. The number of halogens is 3. The molecule has 0 aliphatic carbocycles. The minimum Gasteiger partial charge on any atom is -0.325 e. The first kappa shape index (κ1) is 35.2. The van der Waals surface area contributed by atoms with Crippen molar-refractivity contribution >= 4 is 68.3 Å². The van der Waals surface area contributed by atoms with Crippen molar-refractivity contribution in [1.29, 1.82) is 0 Å². The Bertz CT molecular complexity index is 2140. The molecule has 0 atom stereocenters. The van der Waals surface area contributed by atoms with Gasteiger partial charge >= 0.3 is 6.18 Å². The van der Waals surface area contributed by atoms with Crippen molar-refractivity contribution in [2.24, 2.45) is 0 Å². The van der Waals surface area contributed by atoms with Gasteiger partial charge in [0.05, 0.1) is 27.3 Å². The number of anilines is 2. The first-order valence-electron chi connectivity index (χ1n) is 15.4. The average Bonchev–Trinajstić information content (AvgIpc) is 3.70. The molecule has 2 N–H and O–H groups in total. The van der Waals surface area contributed by atoms with Gasteiger partial charge in [0.25, 0.3) is 0 Å². The van der Waals surface area contributed by atoms with Crippen LogP contribution in [0.15, 0.2) is 107 Å². The highest BCUT2D eigenvalue weighted by molar-refractivity contribution is 8.01. The van der Waals surface area contributed by atoms with Crippen molar-refractivity contribution in [3.8, 4) is 17.1 Å². The van der Waals surface area contributed by atoms with Crippen LogP contribution in [-0.4, -0.2) is 43.1 Å². The number of fused-ring (bicyclic) bond motifs is 1. The molecule has 0 bridgehead atoms. The molecule has 6 rings (SSSR count). The van der Waals surface area contributed by atoms with E-state index in [-0.39, 0.29) is 28.5 Å². The van der Waals surface area contributed by atoms with Crippen molar-refractivity contribution in [3.63, 3.8) is 0 Å². The molecular weight excluding hydrogens is 702 g/mol. The minimum absolute atomic E-state index is 0.0188. The molecule has 2 aromatic heterocycles. The van der Waals surface area contributed by atoms with Crippen molar-refractivity contribution in [3.05, 3.63) is 108 Å². The molecule has 0 fully saturated rings. The molecule has 6 aromatic rings.